The molecule has 2 rings (SSSR count). The Morgan fingerprint density at radius 1 is 1.50 bits per heavy atom. The number of aliphatic hydroxyl groups excluding tert-OH is 1. The molecule has 0 heterocycles. The molecule has 1 saturated carbocycles. The van der Waals surface area contributed by atoms with E-state index in [2.05, 4.69) is 0 Å². The maximum absolute atomic E-state index is 9.46. The van der Waals surface area contributed by atoms with Crippen LogP contribution in [0, 0.1) is 11.8 Å². The third-order valence-corrected chi connectivity index (χ3v) is 2.99. The molecule has 2 aliphatic rings. The molecule has 0 aromatic rings. The first-order chi connectivity index (χ1) is 4.77. The van der Waals surface area contributed by atoms with Crippen LogP contribution in [-0.2, 0) is 0 Å². The molecule has 2 aliphatic carbocycles. The van der Waals surface area contributed by atoms with Crippen LogP contribution in [0.1, 0.15) is 19.3 Å². The van der Waals surface area contributed by atoms with E-state index in [1.165, 1.54) is 6.42 Å². The molecule has 1 N–H and O–H groups in total. The number of halogens is 1. The third kappa shape index (κ3) is 0.886. The van der Waals surface area contributed by atoms with E-state index in [4.69, 9.17) is 11.6 Å². The quantitative estimate of drug-likeness (QED) is 0.571. The zero-order valence-corrected chi connectivity index (χ0v) is 6.51. The van der Waals surface area contributed by atoms with Crippen molar-refractivity contribution in [1.29, 1.82) is 0 Å². The van der Waals surface area contributed by atoms with Crippen molar-refractivity contribution >= 4 is 11.6 Å². The third-order valence-electron chi connectivity index (χ3n) is 2.64. The predicted molar refractivity (Wildman–Crippen MR) is 40.8 cm³/mol. The van der Waals surface area contributed by atoms with Crippen molar-refractivity contribution in [2.75, 3.05) is 0 Å². The van der Waals surface area contributed by atoms with Crippen LogP contribution in [-0.4, -0.2) is 11.2 Å². The van der Waals surface area contributed by atoms with Gasteiger partial charge in [0.05, 0.1) is 6.10 Å². The van der Waals surface area contributed by atoms with Gasteiger partial charge in [-0.3, -0.25) is 0 Å². The molecule has 0 radical (unpaired) electrons. The van der Waals surface area contributed by atoms with E-state index in [0.29, 0.717) is 16.9 Å². The summed E-state index contributed by atoms with van der Waals surface area (Å²) in [5.41, 5.74) is 0. The first-order valence-electron chi connectivity index (χ1n) is 3.82. The summed E-state index contributed by atoms with van der Waals surface area (Å²) in [6.07, 6.45) is 5.20. The Balaban J connectivity index is 2.25. The van der Waals surface area contributed by atoms with Gasteiger partial charge >= 0.3 is 0 Å². The topological polar surface area (TPSA) is 20.2 Å². The molecule has 3 atom stereocenters. The Hall–Kier alpha value is -0.0100. The normalized spacial score (nSPS) is 45.4. The monoisotopic (exact) mass is 158 g/mol. The van der Waals surface area contributed by atoms with Crippen molar-refractivity contribution in [3.63, 3.8) is 0 Å². The van der Waals surface area contributed by atoms with Crippen LogP contribution in [0.25, 0.3) is 0 Å². The van der Waals surface area contributed by atoms with Gasteiger partial charge in [-0.05, 0) is 31.1 Å². The first kappa shape index (κ1) is 6.68. The van der Waals surface area contributed by atoms with Gasteiger partial charge in [0.25, 0.3) is 0 Å². The SMILES string of the molecule is O[C@H]1C(Cl)=C[C@H]2CC[C@H]1C2. The van der Waals surface area contributed by atoms with E-state index in [0.717, 1.165) is 12.8 Å². The number of hydrogen-bond acceptors (Lipinski definition) is 1. The number of allylic oxidation sites excluding steroid dienone is 1. The van der Waals surface area contributed by atoms with Crippen molar-refractivity contribution in [1.82, 2.24) is 0 Å². The fraction of sp³-hybridized carbons (Fsp3) is 0.750. The number of rotatable bonds is 0. The van der Waals surface area contributed by atoms with Crippen LogP contribution in [0.5, 0.6) is 0 Å². The summed E-state index contributed by atoms with van der Waals surface area (Å²) in [5, 5.41) is 10.1. The van der Waals surface area contributed by atoms with Gasteiger partial charge in [-0.1, -0.05) is 17.7 Å². The molecular formula is C8H11ClO. The minimum atomic E-state index is -0.347. The lowest BCUT2D eigenvalue weighted by atomic mass is 9.93. The molecule has 0 amide bonds. The molecule has 0 aromatic carbocycles. The van der Waals surface area contributed by atoms with Crippen LogP contribution in [0.4, 0.5) is 0 Å². The maximum atomic E-state index is 9.46. The second-order valence-electron chi connectivity index (χ2n) is 3.33. The summed E-state index contributed by atoms with van der Waals surface area (Å²) in [7, 11) is 0. The standard InChI is InChI=1S/C8H11ClO/c9-7-4-5-1-2-6(3-5)8(7)10/h4-6,8,10H,1-3H2/t5-,6-,8+/m0/s1. The summed E-state index contributed by atoms with van der Waals surface area (Å²) >= 11 is 5.81. The van der Waals surface area contributed by atoms with Crippen molar-refractivity contribution in [2.45, 2.75) is 25.4 Å². The highest BCUT2D eigenvalue weighted by molar-refractivity contribution is 6.30. The average Bonchev–Trinajstić information content (AvgIpc) is 2.29. The van der Waals surface area contributed by atoms with E-state index < -0.39 is 0 Å². The van der Waals surface area contributed by atoms with E-state index in [9.17, 15) is 5.11 Å². The summed E-state index contributed by atoms with van der Waals surface area (Å²) in [6.45, 7) is 0. The highest BCUT2D eigenvalue weighted by Gasteiger charge is 2.34. The van der Waals surface area contributed by atoms with E-state index in [1.807, 2.05) is 6.08 Å². The number of fused-ring (bicyclic) bond motifs is 2. The van der Waals surface area contributed by atoms with E-state index in [1.54, 1.807) is 0 Å². The largest absolute Gasteiger partial charge is 0.387 e. The molecule has 0 unspecified atom stereocenters. The van der Waals surface area contributed by atoms with Crippen molar-refractivity contribution < 1.29 is 5.11 Å². The molecule has 1 nitrogen and oxygen atoms in total. The summed E-state index contributed by atoms with van der Waals surface area (Å²) in [6, 6.07) is 0. The molecule has 1 fully saturated rings. The van der Waals surface area contributed by atoms with Crippen molar-refractivity contribution in [2.24, 2.45) is 11.8 Å². The van der Waals surface area contributed by atoms with Gasteiger partial charge in [0, 0.05) is 5.03 Å². The molecule has 0 spiro atoms. The van der Waals surface area contributed by atoms with Gasteiger partial charge in [-0.15, -0.1) is 0 Å². The molecule has 2 bridgehead atoms. The maximum Gasteiger partial charge on any atom is 0.0920 e. The second kappa shape index (κ2) is 2.24. The highest BCUT2D eigenvalue weighted by Crippen LogP contribution is 2.41. The smallest absolute Gasteiger partial charge is 0.0920 e. The Labute approximate surface area is 65.7 Å². The van der Waals surface area contributed by atoms with Gasteiger partial charge in [-0.25, -0.2) is 0 Å². The molecule has 0 saturated heterocycles. The predicted octanol–water partition coefficient (Wildman–Crippen LogP) is 1.90. The lowest BCUT2D eigenvalue weighted by molar-refractivity contribution is 0.144. The van der Waals surface area contributed by atoms with Gasteiger partial charge in [0.1, 0.15) is 0 Å². The number of hydrogen-bond donors (Lipinski definition) is 1. The second-order valence-corrected chi connectivity index (χ2v) is 3.77. The molecule has 2 heteroatoms. The Morgan fingerprint density at radius 3 is 3.10 bits per heavy atom. The summed E-state index contributed by atoms with van der Waals surface area (Å²) < 4.78 is 0. The van der Waals surface area contributed by atoms with Crippen LogP contribution in [0.2, 0.25) is 0 Å². The van der Waals surface area contributed by atoms with Gasteiger partial charge in [0.15, 0.2) is 0 Å². The van der Waals surface area contributed by atoms with Crippen molar-refractivity contribution in [3.8, 4) is 0 Å². The van der Waals surface area contributed by atoms with Crippen LogP contribution >= 0.6 is 11.6 Å². The van der Waals surface area contributed by atoms with Crippen LogP contribution in [0.15, 0.2) is 11.1 Å². The van der Waals surface area contributed by atoms with Crippen molar-refractivity contribution in [3.05, 3.63) is 11.1 Å². The van der Waals surface area contributed by atoms with Gasteiger partial charge in [0.2, 0.25) is 0 Å². The summed E-state index contributed by atoms with van der Waals surface area (Å²) in [5.74, 6) is 1.13. The average molecular weight is 159 g/mol. The minimum absolute atomic E-state index is 0.347. The zero-order chi connectivity index (χ0) is 7.14. The highest BCUT2D eigenvalue weighted by atomic mass is 35.5. The fourth-order valence-electron chi connectivity index (χ4n) is 2.04. The Bertz CT molecular complexity index is 176. The summed E-state index contributed by atoms with van der Waals surface area (Å²) in [4.78, 5) is 0. The Morgan fingerprint density at radius 2 is 2.30 bits per heavy atom. The molecular weight excluding hydrogens is 148 g/mol. The van der Waals surface area contributed by atoms with Gasteiger partial charge in [-0.2, -0.15) is 0 Å². The molecule has 10 heavy (non-hydrogen) atoms. The molecule has 56 valence electrons. The molecule has 0 aromatic heterocycles. The lowest BCUT2D eigenvalue weighted by Gasteiger charge is -2.21. The fourth-order valence-corrected chi connectivity index (χ4v) is 2.40. The molecule has 0 aliphatic heterocycles. The lowest BCUT2D eigenvalue weighted by Crippen LogP contribution is -2.21. The van der Waals surface area contributed by atoms with Crippen LogP contribution < -0.4 is 0 Å². The van der Waals surface area contributed by atoms with E-state index in [-0.39, 0.29) is 6.10 Å². The van der Waals surface area contributed by atoms with Gasteiger partial charge < -0.3 is 5.11 Å². The number of aliphatic hydroxyl groups is 1. The minimum Gasteiger partial charge on any atom is -0.387 e. The van der Waals surface area contributed by atoms with E-state index >= 15 is 0 Å². The van der Waals surface area contributed by atoms with Crippen LogP contribution in [0.3, 0.4) is 0 Å². The first-order valence-corrected chi connectivity index (χ1v) is 4.20. The Kier molecular flexibility index (Phi) is 1.50. The zero-order valence-electron chi connectivity index (χ0n) is 5.76.